The van der Waals surface area contributed by atoms with Crippen LogP contribution in [0.2, 0.25) is 0 Å². The molecule has 1 amide bonds. The van der Waals surface area contributed by atoms with E-state index in [9.17, 15) is 9.59 Å². The minimum absolute atomic E-state index is 0.0387. The third-order valence-corrected chi connectivity index (χ3v) is 5.05. The maximum absolute atomic E-state index is 12.8. The number of likely N-dealkylation sites (tertiary alicyclic amines) is 1. The smallest absolute Gasteiger partial charge is 0.276 e. The van der Waals surface area contributed by atoms with Gasteiger partial charge in [0.05, 0.1) is 17.2 Å². The van der Waals surface area contributed by atoms with E-state index in [1.807, 2.05) is 17.0 Å². The number of carbonyl (C=O) groups excluding carboxylic acids is 1. The molecule has 124 valence electrons. The number of piperidine rings is 1. The standard InChI is InChI=1S/C18H20N4O2/c1-12-6-9-21(10-7-12)17(23)13-3-4-14-16(11-13)20(2)18(24)15-5-8-19-22(14)15/h3-5,8,11-12H,6-7,9-10H2,1-2H3. The van der Waals surface area contributed by atoms with E-state index in [1.54, 1.807) is 34.5 Å². The van der Waals surface area contributed by atoms with E-state index in [2.05, 4.69) is 12.0 Å². The van der Waals surface area contributed by atoms with Crippen molar-refractivity contribution in [1.82, 2.24) is 19.1 Å². The van der Waals surface area contributed by atoms with Crippen LogP contribution >= 0.6 is 0 Å². The molecule has 0 atom stereocenters. The summed E-state index contributed by atoms with van der Waals surface area (Å²) < 4.78 is 3.22. The molecule has 0 N–H and O–H groups in total. The molecule has 3 heterocycles. The van der Waals surface area contributed by atoms with Crippen molar-refractivity contribution >= 4 is 22.5 Å². The number of fused-ring (bicyclic) bond motifs is 3. The van der Waals surface area contributed by atoms with Crippen molar-refractivity contribution in [2.45, 2.75) is 19.8 Å². The second-order valence-electron chi connectivity index (χ2n) is 6.67. The Kier molecular flexibility index (Phi) is 3.40. The van der Waals surface area contributed by atoms with Crippen molar-refractivity contribution in [1.29, 1.82) is 0 Å². The monoisotopic (exact) mass is 324 g/mol. The van der Waals surface area contributed by atoms with Crippen LogP contribution in [0.4, 0.5) is 0 Å². The zero-order chi connectivity index (χ0) is 16.8. The van der Waals surface area contributed by atoms with Crippen LogP contribution in [0.5, 0.6) is 0 Å². The Labute approximate surface area is 139 Å². The van der Waals surface area contributed by atoms with Gasteiger partial charge in [-0.1, -0.05) is 6.92 Å². The quantitative estimate of drug-likeness (QED) is 0.688. The number of rotatable bonds is 1. The first-order chi connectivity index (χ1) is 11.6. The number of aromatic nitrogens is 3. The zero-order valence-electron chi connectivity index (χ0n) is 13.9. The van der Waals surface area contributed by atoms with Crippen LogP contribution in [-0.2, 0) is 7.05 Å². The van der Waals surface area contributed by atoms with E-state index >= 15 is 0 Å². The Bertz CT molecular complexity index is 993. The summed E-state index contributed by atoms with van der Waals surface area (Å²) in [6.45, 7) is 3.83. The summed E-state index contributed by atoms with van der Waals surface area (Å²) >= 11 is 0. The first-order valence-corrected chi connectivity index (χ1v) is 8.32. The van der Waals surface area contributed by atoms with Gasteiger partial charge in [-0.3, -0.25) is 9.59 Å². The molecule has 0 unspecified atom stereocenters. The maximum atomic E-state index is 12.8. The minimum atomic E-state index is -0.114. The topological polar surface area (TPSA) is 59.6 Å². The number of carbonyl (C=O) groups is 1. The molecule has 0 spiro atoms. The number of hydrogen-bond acceptors (Lipinski definition) is 3. The lowest BCUT2D eigenvalue weighted by Crippen LogP contribution is -2.37. The Balaban J connectivity index is 1.81. The number of nitrogens with zero attached hydrogens (tertiary/aromatic N) is 4. The summed E-state index contributed by atoms with van der Waals surface area (Å²) in [6.07, 6.45) is 3.71. The summed E-state index contributed by atoms with van der Waals surface area (Å²) in [5.74, 6) is 0.719. The van der Waals surface area contributed by atoms with Crippen molar-refractivity contribution in [2.24, 2.45) is 13.0 Å². The molecule has 6 heteroatoms. The molecular weight excluding hydrogens is 304 g/mol. The Morgan fingerprint density at radius 3 is 2.62 bits per heavy atom. The largest absolute Gasteiger partial charge is 0.339 e. The lowest BCUT2D eigenvalue weighted by molar-refractivity contribution is 0.0697. The fourth-order valence-electron chi connectivity index (χ4n) is 3.44. The molecular formula is C18H20N4O2. The summed E-state index contributed by atoms with van der Waals surface area (Å²) in [6, 6.07) is 7.21. The summed E-state index contributed by atoms with van der Waals surface area (Å²) in [4.78, 5) is 27.1. The predicted molar refractivity (Wildman–Crippen MR) is 92.2 cm³/mol. The van der Waals surface area contributed by atoms with Gasteiger partial charge in [-0.2, -0.15) is 5.10 Å². The molecule has 0 saturated carbocycles. The van der Waals surface area contributed by atoms with Gasteiger partial charge in [0.1, 0.15) is 5.52 Å². The minimum Gasteiger partial charge on any atom is -0.339 e. The second-order valence-corrected chi connectivity index (χ2v) is 6.67. The van der Waals surface area contributed by atoms with Crippen LogP contribution in [0.15, 0.2) is 35.3 Å². The van der Waals surface area contributed by atoms with E-state index in [0.29, 0.717) is 22.5 Å². The van der Waals surface area contributed by atoms with E-state index in [4.69, 9.17) is 0 Å². The molecule has 0 bridgehead atoms. The lowest BCUT2D eigenvalue weighted by atomic mass is 9.98. The van der Waals surface area contributed by atoms with Crippen molar-refractivity contribution in [2.75, 3.05) is 13.1 Å². The van der Waals surface area contributed by atoms with Crippen molar-refractivity contribution in [3.63, 3.8) is 0 Å². The van der Waals surface area contributed by atoms with E-state index in [0.717, 1.165) is 31.4 Å². The van der Waals surface area contributed by atoms with E-state index in [1.165, 1.54) is 0 Å². The van der Waals surface area contributed by atoms with Gasteiger partial charge in [0, 0.05) is 25.7 Å². The van der Waals surface area contributed by atoms with Crippen LogP contribution in [-0.4, -0.2) is 38.1 Å². The van der Waals surface area contributed by atoms with Crippen molar-refractivity contribution in [3.05, 3.63) is 46.4 Å². The van der Waals surface area contributed by atoms with Gasteiger partial charge < -0.3 is 9.47 Å². The van der Waals surface area contributed by atoms with E-state index in [-0.39, 0.29) is 11.5 Å². The molecule has 4 rings (SSSR count). The highest BCUT2D eigenvalue weighted by atomic mass is 16.2. The Hall–Kier alpha value is -2.63. The van der Waals surface area contributed by atoms with Gasteiger partial charge in [0.2, 0.25) is 0 Å². The number of aryl methyl sites for hydroxylation is 1. The lowest BCUT2D eigenvalue weighted by Gasteiger charge is -2.30. The fraction of sp³-hybridized carbons (Fsp3) is 0.389. The Morgan fingerprint density at radius 2 is 1.88 bits per heavy atom. The van der Waals surface area contributed by atoms with Gasteiger partial charge in [-0.15, -0.1) is 0 Å². The van der Waals surface area contributed by atoms with Gasteiger partial charge in [0.15, 0.2) is 0 Å². The van der Waals surface area contributed by atoms with Crippen molar-refractivity contribution in [3.8, 4) is 0 Å². The number of hydrogen-bond donors (Lipinski definition) is 0. The molecule has 0 aliphatic carbocycles. The summed E-state index contributed by atoms with van der Waals surface area (Å²) in [5, 5.41) is 4.23. The normalized spacial score (nSPS) is 16.2. The summed E-state index contributed by atoms with van der Waals surface area (Å²) in [7, 11) is 1.73. The molecule has 1 aliphatic heterocycles. The highest BCUT2D eigenvalue weighted by Gasteiger charge is 2.22. The van der Waals surface area contributed by atoms with Crippen LogP contribution in [0, 0.1) is 5.92 Å². The summed E-state index contributed by atoms with van der Waals surface area (Å²) in [5.41, 5.74) is 2.58. The third kappa shape index (κ3) is 2.21. The van der Waals surface area contributed by atoms with Crippen LogP contribution in [0.3, 0.4) is 0 Å². The average molecular weight is 324 g/mol. The van der Waals surface area contributed by atoms with Gasteiger partial charge in [-0.05, 0) is 43.0 Å². The highest BCUT2D eigenvalue weighted by Crippen LogP contribution is 2.20. The predicted octanol–water partition coefficient (Wildman–Crippen LogP) is 2.06. The van der Waals surface area contributed by atoms with Gasteiger partial charge >= 0.3 is 0 Å². The highest BCUT2D eigenvalue weighted by molar-refractivity contribution is 5.97. The number of benzene rings is 1. The third-order valence-electron chi connectivity index (χ3n) is 5.05. The Morgan fingerprint density at radius 1 is 1.12 bits per heavy atom. The molecule has 1 aromatic carbocycles. The molecule has 3 aromatic rings. The molecule has 0 radical (unpaired) electrons. The molecule has 6 nitrogen and oxygen atoms in total. The first kappa shape index (κ1) is 14.9. The van der Waals surface area contributed by atoms with Crippen LogP contribution in [0.25, 0.3) is 16.6 Å². The maximum Gasteiger partial charge on any atom is 0.276 e. The second kappa shape index (κ2) is 5.47. The zero-order valence-corrected chi connectivity index (χ0v) is 13.9. The molecule has 1 fully saturated rings. The molecule has 24 heavy (non-hydrogen) atoms. The van der Waals surface area contributed by atoms with E-state index < -0.39 is 0 Å². The molecule has 2 aromatic heterocycles. The number of amides is 1. The van der Waals surface area contributed by atoms with Gasteiger partial charge in [0.25, 0.3) is 11.5 Å². The average Bonchev–Trinajstić information content (AvgIpc) is 3.09. The van der Waals surface area contributed by atoms with Crippen molar-refractivity contribution < 1.29 is 4.79 Å². The molecule has 1 saturated heterocycles. The SMILES string of the molecule is CC1CCN(C(=O)c2ccc3c(c2)n(C)c(=O)c2ccnn23)CC1. The van der Waals surface area contributed by atoms with Crippen LogP contribution in [0.1, 0.15) is 30.1 Å². The molecule has 1 aliphatic rings. The fourth-order valence-corrected chi connectivity index (χ4v) is 3.44. The first-order valence-electron chi connectivity index (χ1n) is 8.32. The van der Waals surface area contributed by atoms with Crippen LogP contribution < -0.4 is 5.56 Å². The van der Waals surface area contributed by atoms with Gasteiger partial charge in [-0.25, -0.2) is 4.52 Å².